The predicted molar refractivity (Wildman–Crippen MR) is 96.1 cm³/mol. The Morgan fingerprint density at radius 1 is 1.28 bits per heavy atom. The van der Waals surface area contributed by atoms with E-state index in [-0.39, 0.29) is 23.6 Å². The van der Waals surface area contributed by atoms with Gasteiger partial charge in [-0.05, 0) is 46.2 Å². The number of aromatic nitrogens is 2. The van der Waals surface area contributed by atoms with Crippen LogP contribution in [0.2, 0.25) is 0 Å². The summed E-state index contributed by atoms with van der Waals surface area (Å²) in [6.45, 7) is 6.99. The molecule has 2 fully saturated rings. The number of hydrogen-bond acceptors (Lipinski definition) is 5. The van der Waals surface area contributed by atoms with Crippen LogP contribution in [-0.4, -0.2) is 66.0 Å². The molecule has 2 saturated heterocycles. The molecule has 3 heterocycles. The van der Waals surface area contributed by atoms with E-state index in [4.69, 9.17) is 0 Å². The number of amides is 1. The minimum atomic E-state index is -2.84. The van der Waals surface area contributed by atoms with Crippen LogP contribution in [0.5, 0.6) is 0 Å². The molecule has 140 valence electrons. The quantitative estimate of drug-likeness (QED) is 0.819. The molecule has 0 saturated carbocycles. The van der Waals surface area contributed by atoms with E-state index >= 15 is 0 Å². The van der Waals surface area contributed by atoms with Crippen LogP contribution in [0.1, 0.15) is 30.7 Å². The van der Waals surface area contributed by atoms with Crippen LogP contribution >= 0.6 is 0 Å². The van der Waals surface area contributed by atoms with E-state index in [1.165, 1.54) is 0 Å². The molecule has 1 aromatic heterocycles. The number of piperidine rings is 1. The summed E-state index contributed by atoms with van der Waals surface area (Å²) in [6.07, 6.45) is 4.17. The molecule has 3 rings (SSSR count). The van der Waals surface area contributed by atoms with E-state index in [9.17, 15) is 13.2 Å². The summed E-state index contributed by atoms with van der Waals surface area (Å²) < 4.78 is 25.3. The van der Waals surface area contributed by atoms with Crippen molar-refractivity contribution in [2.45, 2.75) is 45.7 Å². The Bertz CT molecular complexity index is 720. The van der Waals surface area contributed by atoms with Crippen LogP contribution in [0.4, 0.5) is 0 Å². The van der Waals surface area contributed by atoms with Gasteiger partial charge < -0.3 is 9.88 Å². The molecule has 25 heavy (non-hydrogen) atoms. The third-order valence-corrected chi connectivity index (χ3v) is 7.37. The summed E-state index contributed by atoms with van der Waals surface area (Å²) in [4.78, 5) is 18.9. The van der Waals surface area contributed by atoms with Crippen molar-refractivity contribution in [1.29, 1.82) is 0 Å². The molecule has 8 heteroatoms. The summed E-state index contributed by atoms with van der Waals surface area (Å²) in [5, 5.41) is 3.03. The zero-order valence-corrected chi connectivity index (χ0v) is 15.9. The van der Waals surface area contributed by atoms with Gasteiger partial charge >= 0.3 is 0 Å². The summed E-state index contributed by atoms with van der Waals surface area (Å²) in [5.41, 5.74) is 2.15. The van der Waals surface area contributed by atoms with Gasteiger partial charge in [0, 0.05) is 30.7 Å². The Labute approximate surface area is 149 Å². The average Bonchev–Trinajstić information content (AvgIpc) is 3.11. The molecular formula is C17H28N4O3S. The number of carbonyl (C=O) groups excluding carboxylic acids is 1. The largest absolute Gasteiger partial charge is 0.354 e. The zero-order valence-electron chi connectivity index (χ0n) is 15.1. The number of likely N-dealkylation sites (tertiary alicyclic amines) is 1. The maximum absolute atomic E-state index is 12.4. The first-order valence-electron chi connectivity index (χ1n) is 9.06. The molecule has 7 nitrogen and oxygen atoms in total. The average molecular weight is 369 g/mol. The third kappa shape index (κ3) is 4.41. The van der Waals surface area contributed by atoms with Gasteiger partial charge in [-0.25, -0.2) is 13.4 Å². The summed E-state index contributed by atoms with van der Waals surface area (Å²) in [6, 6.07) is 0.154. The van der Waals surface area contributed by atoms with Gasteiger partial charge in [-0.2, -0.15) is 0 Å². The van der Waals surface area contributed by atoms with Crippen molar-refractivity contribution in [2.75, 3.05) is 31.1 Å². The maximum atomic E-state index is 12.4. The summed E-state index contributed by atoms with van der Waals surface area (Å²) in [5.74, 6) is 0.756. The number of carbonyl (C=O) groups is 1. The predicted octanol–water partition coefficient (Wildman–Crippen LogP) is 0.515. The molecule has 0 spiro atoms. The monoisotopic (exact) mass is 368 g/mol. The van der Waals surface area contributed by atoms with Crippen molar-refractivity contribution in [3.05, 3.63) is 17.7 Å². The van der Waals surface area contributed by atoms with E-state index in [0.717, 1.165) is 50.3 Å². The van der Waals surface area contributed by atoms with Crippen LogP contribution in [0.25, 0.3) is 0 Å². The number of rotatable bonds is 5. The molecule has 1 atom stereocenters. The number of imidazole rings is 1. The van der Waals surface area contributed by atoms with E-state index in [1.807, 2.05) is 20.2 Å². The molecule has 0 radical (unpaired) electrons. The molecule has 1 aromatic rings. The lowest BCUT2D eigenvalue weighted by Crippen LogP contribution is -2.45. The molecular weight excluding hydrogens is 340 g/mol. The highest BCUT2D eigenvalue weighted by Gasteiger charge is 2.35. The Hall–Kier alpha value is -1.41. The van der Waals surface area contributed by atoms with Crippen LogP contribution in [0.3, 0.4) is 0 Å². The van der Waals surface area contributed by atoms with Gasteiger partial charge in [0.05, 0.1) is 23.5 Å². The molecule has 2 aliphatic rings. The zero-order chi connectivity index (χ0) is 18.0. The van der Waals surface area contributed by atoms with Gasteiger partial charge in [0.2, 0.25) is 5.91 Å². The normalized spacial score (nSPS) is 24.5. The third-order valence-electron chi connectivity index (χ3n) is 5.62. The Kier molecular flexibility index (Phi) is 5.48. The number of sulfone groups is 1. The van der Waals surface area contributed by atoms with Crippen molar-refractivity contribution in [1.82, 2.24) is 19.8 Å². The van der Waals surface area contributed by atoms with Crippen molar-refractivity contribution < 1.29 is 13.2 Å². The second-order valence-corrected chi connectivity index (χ2v) is 9.50. The highest BCUT2D eigenvalue weighted by molar-refractivity contribution is 7.91. The van der Waals surface area contributed by atoms with Gasteiger partial charge in [-0.1, -0.05) is 0 Å². The molecule has 1 amide bonds. The fraction of sp³-hybridized carbons (Fsp3) is 0.765. The highest BCUT2D eigenvalue weighted by Crippen LogP contribution is 2.24. The van der Waals surface area contributed by atoms with Crippen molar-refractivity contribution >= 4 is 15.7 Å². The van der Waals surface area contributed by atoms with E-state index in [1.54, 1.807) is 0 Å². The Balaban J connectivity index is 1.40. The van der Waals surface area contributed by atoms with Crippen molar-refractivity contribution in [3.8, 4) is 0 Å². The molecule has 1 unspecified atom stereocenters. The Morgan fingerprint density at radius 3 is 2.56 bits per heavy atom. The number of nitrogens with zero attached hydrogens (tertiary/aromatic N) is 3. The number of hydrogen-bond donors (Lipinski definition) is 1. The summed E-state index contributed by atoms with van der Waals surface area (Å²) in [7, 11) is -2.84. The van der Waals surface area contributed by atoms with Gasteiger partial charge in [0.1, 0.15) is 0 Å². The second-order valence-electron chi connectivity index (χ2n) is 7.27. The van der Waals surface area contributed by atoms with E-state index in [2.05, 4.69) is 19.8 Å². The first kappa shape index (κ1) is 18.4. The fourth-order valence-electron chi connectivity index (χ4n) is 3.80. The van der Waals surface area contributed by atoms with Crippen LogP contribution in [-0.2, 0) is 21.2 Å². The lowest BCUT2D eigenvalue weighted by Gasteiger charge is -2.34. The molecule has 0 aliphatic carbocycles. The molecule has 2 aliphatic heterocycles. The van der Waals surface area contributed by atoms with Crippen molar-refractivity contribution in [3.63, 3.8) is 0 Å². The maximum Gasteiger partial charge on any atom is 0.223 e. The summed E-state index contributed by atoms with van der Waals surface area (Å²) >= 11 is 0. The lowest BCUT2D eigenvalue weighted by atomic mass is 9.94. The standard InChI is InChI=1S/C17H28N4O3S/c1-13-14(2)21(12-19-13)9-6-18-17(22)15-3-7-20(8-4-15)16-5-10-25(23,24)11-16/h12,15-16H,3-11H2,1-2H3,(H,18,22). The topological polar surface area (TPSA) is 84.3 Å². The first-order chi connectivity index (χ1) is 11.9. The minimum Gasteiger partial charge on any atom is -0.354 e. The first-order valence-corrected chi connectivity index (χ1v) is 10.9. The van der Waals surface area contributed by atoms with Crippen molar-refractivity contribution in [2.24, 2.45) is 5.92 Å². The van der Waals surface area contributed by atoms with Gasteiger partial charge in [0.25, 0.3) is 0 Å². The smallest absolute Gasteiger partial charge is 0.223 e. The van der Waals surface area contributed by atoms with Gasteiger partial charge in [-0.3, -0.25) is 9.69 Å². The minimum absolute atomic E-state index is 0.0416. The van der Waals surface area contributed by atoms with Gasteiger partial charge in [0.15, 0.2) is 9.84 Å². The number of nitrogens with one attached hydrogen (secondary N) is 1. The van der Waals surface area contributed by atoms with Gasteiger partial charge in [-0.15, -0.1) is 0 Å². The van der Waals surface area contributed by atoms with Crippen LogP contribution in [0, 0.1) is 19.8 Å². The lowest BCUT2D eigenvalue weighted by molar-refractivity contribution is -0.126. The highest BCUT2D eigenvalue weighted by atomic mass is 32.2. The fourth-order valence-corrected chi connectivity index (χ4v) is 5.57. The second kappa shape index (κ2) is 7.45. The van der Waals surface area contributed by atoms with E-state index < -0.39 is 9.84 Å². The molecule has 0 bridgehead atoms. The Morgan fingerprint density at radius 2 is 2.00 bits per heavy atom. The van der Waals surface area contributed by atoms with E-state index in [0.29, 0.717) is 12.3 Å². The molecule has 0 aromatic carbocycles. The number of aryl methyl sites for hydroxylation is 1. The SMILES string of the molecule is Cc1ncn(CCNC(=O)C2CCN(C3CCS(=O)(=O)C3)CC2)c1C. The van der Waals surface area contributed by atoms with Crippen LogP contribution < -0.4 is 5.32 Å². The molecule has 1 N–H and O–H groups in total. The van der Waals surface area contributed by atoms with Crippen LogP contribution in [0.15, 0.2) is 6.33 Å².